The lowest BCUT2D eigenvalue weighted by Gasteiger charge is -2.25. The summed E-state index contributed by atoms with van der Waals surface area (Å²) in [5, 5.41) is 3.16. The summed E-state index contributed by atoms with van der Waals surface area (Å²) in [6, 6.07) is 12.4. The van der Waals surface area contributed by atoms with Crippen molar-refractivity contribution in [1.82, 2.24) is 14.7 Å². The molecule has 4 heteroatoms. The van der Waals surface area contributed by atoms with Crippen LogP contribution < -0.4 is 5.32 Å². The van der Waals surface area contributed by atoms with E-state index in [2.05, 4.69) is 34.6 Å². The summed E-state index contributed by atoms with van der Waals surface area (Å²) >= 11 is 0. The van der Waals surface area contributed by atoms with Gasteiger partial charge in [0.25, 0.3) is 5.91 Å². The van der Waals surface area contributed by atoms with Gasteiger partial charge in [0, 0.05) is 24.6 Å². The number of rotatable bonds is 2. The highest BCUT2D eigenvalue weighted by molar-refractivity contribution is 5.94. The molecule has 4 rings (SSSR count). The van der Waals surface area contributed by atoms with Crippen molar-refractivity contribution in [3.05, 3.63) is 71.7 Å². The summed E-state index contributed by atoms with van der Waals surface area (Å²) in [6.07, 6.45) is 8.35. The number of fused-ring (bicyclic) bond motifs is 2. The van der Waals surface area contributed by atoms with Crippen molar-refractivity contribution in [2.75, 3.05) is 0 Å². The fourth-order valence-corrected chi connectivity index (χ4v) is 3.14. The van der Waals surface area contributed by atoms with Crippen LogP contribution in [-0.2, 0) is 12.8 Å². The highest BCUT2D eigenvalue weighted by Crippen LogP contribution is 2.21. The number of carbonyl (C=O) groups is 1. The molecule has 0 aliphatic heterocycles. The number of pyridine rings is 1. The Balaban J connectivity index is 1.50. The maximum Gasteiger partial charge on any atom is 0.253 e. The highest BCUT2D eigenvalue weighted by Gasteiger charge is 2.20. The van der Waals surface area contributed by atoms with Gasteiger partial charge in [0.1, 0.15) is 5.65 Å². The molecule has 0 bridgehead atoms. The topological polar surface area (TPSA) is 46.4 Å². The number of nitrogens with zero attached hydrogens (tertiary/aromatic N) is 2. The second-order valence-electron chi connectivity index (χ2n) is 5.79. The molecule has 3 aromatic rings. The lowest BCUT2D eigenvalue weighted by atomic mass is 9.88. The minimum Gasteiger partial charge on any atom is -0.349 e. The van der Waals surface area contributed by atoms with E-state index in [1.54, 1.807) is 6.20 Å². The largest absolute Gasteiger partial charge is 0.349 e. The molecule has 110 valence electrons. The molecule has 1 N–H and O–H groups in total. The van der Waals surface area contributed by atoms with E-state index in [-0.39, 0.29) is 11.9 Å². The van der Waals surface area contributed by atoms with Gasteiger partial charge in [-0.2, -0.15) is 0 Å². The first kappa shape index (κ1) is 13.1. The molecule has 0 saturated carbocycles. The minimum absolute atomic E-state index is 0.0139. The van der Waals surface area contributed by atoms with E-state index in [0.717, 1.165) is 24.9 Å². The van der Waals surface area contributed by atoms with E-state index in [1.807, 2.05) is 28.9 Å². The predicted octanol–water partition coefficient (Wildman–Crippen LogP) is 2.62. The van der Waals surface area contributed by atoms with Gasteiger partial charge in [-0.3, -0.25) is 4.79 Å². The summed E-state index contributed by atoms with van der Waals surface area (Å²) in [6.45, 7) is 0. The molecule has 22 heavy (non-hydrogen) atoms. The van der Waals surface area contributed by atoms with Crippen LogP contribution in [0.15, 0.2) is 55.0 Å². The Kier molecular flexibility index (Phi) is 3.15. The van der Waals surface area contributed by atoms with Gasteiger partial charge in [-0.1, -0.05) is 24.3 Å². The van der Waals surface area contributed by atoms with Crippen LogP contribution in [0.4, 0.5) is 0 Å². The fourth-order valence-electron chi connectivity index (χ4n) is 3.14. The number of carbonyl (C=O) groups excluding carboxylic acids is 1. The second kappa shape index (κ2) is 5.30. The zero-order valence-corrected chi connectivity index (χ0v) is 12.2. The second-order valence-corrected chi connectivity index (χ2v) is 5.79. The fraction of sp³-hybridized carbons (Fsp3) is 0.222. The van der Waals surface area contributed by atoms with Gasteiger partial charge in [-0.05, 0) is 42.5 Å². The number of benzene rings is 1. The third-order valence-corrected chi connectivity index (χ3v) is 4.33. The summed E-state index contributed by atoms with van der Waals surface area (Å²) in [7, 11) is 0. The molecule has 0 unspecified atom stereocenters. The number of aryl methyl sites for hydroxylation is 1. The first-order chi connectivity index (χ1) is 10.8. The number of amides is 1. The molecule has 4 nitrogen and oxygen atoms in total. The standard InChI is InChI=1S/C18H17N3O/c22-18(15-6-8-17-19-9-10-21(17)12-15)20-16-7-5-13-3-1-2-4-14(13)11-16/h1-4,6,8-10,12,16H,5,7,11H2,(H,20,22)/t16-/m0/s1. The van der Waals surface area contributed by atoms with Crippen molar-refractivity contribution < 1.29 is 4.79 Å². The maximum atomic E-state index is 12.4. The van der Waals surface area contributed by atoms with E-state index in [9.17, 15) is 4.79 Å². The van der Waals surface area contributed by atoms with Crippen LogP contribution in [0.1, 0.15) is 27.9 Å². The zero-order chi connectivity index (χ0) is 14.9. The minimum atomic E-state index is -0.0139. The van der Waals surface area contributed by atoms with Crippen LogP contribution in [0, 0.1) is 0 Å². The summed E-state index contributed by atoms with van der Waals surface area (Å²) < 4.78 is 1.87. The molecule has 0 spiro atoms. The Bertz CT molecular complexity index is 837. The third-order valence-electron chi connectivity index (χ3n) is 4.33. The molecule has 1 amide bonds. The van der Waals surface area contributed by atoms with E-state index in [4.69, 9.17) is 0 Å². The average molecular weight is 291 g/mol. The first-order valence-electron chi connectivity index (χ1n) is 7.60. The molecule has 1 aliphatic carbocycles. The van der Waals surface area contributed by atoms with Crippen LogP contribution in [0.5, 0.6) is 0 Å². The van der Waals surface area contributed by atoms with Crippen LogP contribution >= 0.6 is 0 Å². The van der Waals surface area contributed by atoms with E-state index in [1.165, 1.54) is 11.1 Å². The van der Waals surface area contributed by atoms with Gasteiger partial charge in [-0.15, -0.1) is 0 Å². The van der Waals surface area contributed by atoms with Crippen LogP contribution in [0.25, 0.3) is 5.65 Å². The molecule has 0 saturated heterocycles. The molecular formula is C18H17N3O. The highest BCUT2D eigenvalue weighted by atomic mass is 16.1. The van der Waals surface area contributed by atoms with Crippen molar-refractivity contribution in [1.29, 1.82) is 0 Å². The van der Waals surface area contributed by atoms with Crippen molar-refractivity contribution >= 4 is 11.6 Å². The van der Waals surface area contributed by atoms with Gasteiger partial charge in [0.15, 0.2) is 0 Å². The Morgan fingerprint density at radius 2 is 2.05 bits per heavy atom. The molecule has 0 fully saturated rings. The number of hydrogen-bond acceptors (Lipinski definition) is 2. The van der Waals surface area contributed by atoms with Gasteiger partial charge in [0.2, 0.25) is 0 Å². The van der Waals surface area contributed by atoms with Crippen molar-refractivity contribution in [2.24, 2.45) is 0 Å². The molecule has 1 atom stereocenters. The summed E-state index contributed by atoms with van der Waals surface area (Å²) in [4.78, 5) is 16.6. The van der Waals surface area contributed by atoms with E-state index < -0.39 is 0 Å². The first-order valence-corrected chi connectivity index (χ1v) is 7.60. The molecule has 0 radical (unpaired) electrons. The van der Waals surface area contributed by atoms with E-state index >= 15 is 0 Å². The van der Waals surface area contributed by atoms with E-state index in [0.29, 0.717) is 5.56 Å². The van der Waals surface area contributed by atoms with Gasteiger partial charge >= 0.3 is 0 Å². The van der Waals surface area contributed by atoms with Crippen LogP contribution in [0.3, 0.4) is 0 Å². The molecule has 1 aliphatic rings. The van der Waals surface area contributed by atoms with Crippen molar-refractivity contribution in [2.45, 2.75) is 25.3 Å². The average Bonchev–Trinajstić information content (AvgIpc) is 3.02. The quantitative estimate of drug-likeness (QED) is 0.789. The van der Waals surface area contributed by atoms with Gasteiger partial charge < -0.3 is 9.72 Å². The lowest BCUT2D eigenvalue weighted by Crippen LogP contribution is -2.38. The zero-order valence-electron chi connectivity index (χ0n) is 12.2. The maximum absolute atomic E-state index is 12.4. The van der Waals surface area contributed by atoms with Gasteiger partial charge in [0.05, 0.1) is 5.56 Å². The van der Waals surface area contributed by atoms with Crippen molar-refractivity contribution in [3.63, 3.8) is 0 Å². The molecule has 2 aromatic heterocycles. The van der Waals surface area contributed by atoms with Gasteiger partial charge in [-0.25, -0.2) is 4.98 Å². The van der Waals surface area contributed by atoms with Crippen LogP contribution in [0.2, 0.25) is 0 Å². The number of hydrogen-bond donors (Lipinski definition) is 1. The number of imidazole rings is 1. The third kappa shape index (κ3) is 2.37. The molecular weight excluding hydrogens is 274 g/mol. The van der Waals surface area contributed by atoms with Crippen molar-refractivity contribution in [3.8, 4) is 0 Å². The Morgan fingerprint density at radius 1 is 1.18 bits per heavy atom. The Hall–Kier alpha value is -2.62. The smallest absolute Gasteiger partial charge is 0.253 e. The summed E-state index contributed by atoms with van der Waals surface area (Å²) in [5.41, 5.74) is 4.28. The predicted molar refractivity (Wildman–Crippen MR) is 84.9 cm³/mol. The number of aromatic nitrogens is 2. The number of nitrogens with one attached hydrogen (secondary N) is 1. The normalized spacial score (nSPS) is 17.2. The Morgan fingerprint density at radius 3 is 2.95 bits per heavy atom. The van der Waals surface area contributed by atoms with Crippen LogP contribution in [-0.4, -0.2) is 21.3 Å². The molecule has 1 aromatic carbocycles. The summed E-state index contributed by atoms with van der Waals surface area (Å²) in [5.74, 6) is -0.0139. The SMILES string of the molecule is O=C(N[C@H]1CCc2ccccc2C1)c1ccc2nccn2c1. The lowest BCUT2D eigenvalue weighted by molar-refractivity contribution is 0.0933. The Labute approximate surface area is 128 Å². The molecule has 2 heterocycles. The monoisotopic (exact) mass is 291 g/mol.